The van der Waals surface area contributed by atoms with Crippen molar-refractivity contribution in [1.29, 1.82) is 0 Å². The Hall–Kier alpha value is -0.770. The Balaban J connectivity index is 0.00000225. The Kier molecular flexibility index (Phi) is 6.39. The van der Waals surface area contributed by atoms with Crippen molar-refractivity contribution in [3.8, 4) is 17.6 Å². The zero-order valence-corrected chi connectivity index (χ0v) is 19.9. The number of hydrogen-bond acceptors (Lipinski definition) is 2. The molecule has 2 unspecified atom stereocenters. The first-order chi connectivity index (χ1) is 12.8. The molecule has 3 aliphatic heterocycles. The highest BCUT2D eigenvalue weighted by atomic mass is 127. The number of rotatable bonds is 1. The van der Waals surface area contributed by atoms with Gasteiger partial charge in [-0.2, -0.15) is 0 Å². The smallest absolute Gasteiger partial charge is 0.140 e. The van der Waals surface area contributed by atoms with Crippen LogP contribution in [-0.4, -0.2) is 42.4 Å². The number of quaternary nitrogens is 1. The van der Waals surface area contributed by atoms with Gasteiger partial charge in [-0.25, -0.2) is 0 Å². The maximum absolute atomic E-state index is 6.70. The molecule has 0 saturated carbocycles. The van der Waals surface area contributed by atoms with Crippen LogP contribution in [0.5, 0.6) is 5.75 Å². The molecular formula is C24H34INO2. The lowest BCUT2D eigenvalue weighted by Gasteiger charge is -2.50. The van der Waals surface area contributed by atoms with Crippen LogP contribution >= 0.6 is 0 Å². The predicted octanol–water partition coefficient (Wildman–Crippen LogP) is 1.72. The van der Waals surface area contributed by atoms with Gasteiger partial charge in [0.15, 0.2) is 0 Å². The van der Waals surface area contributed by atoms with E-state index < -0.39 is 0 Å². The molecule has 2 fully saturated rings. The molecule has 0 amide bonds. The lowest BCUT2D eigenvalue weighted by Crippen LogP contribution is -3.00. The van der Waals surface area contributed by atoms with Crippen molar-refractivity contribution < 1.29 is 37.9 Å². The second-order valence-electron chi connectivity index (χ2n) is 9.75. The molecule has 3 aliphatic rings. The molecule has 1 aromatic carbocycles. The molecule has 154 valence electrons. The third kappa shape index (κ3) is 4.37. The molecule has 0 bridgehead atoms. The molecule has 28 heavy (non-hydrogen) atoms. The summed E-state index contributed by atoms with van der Waals surface area (Å²) in [5.41, 5.74) is 0.612. The summed E-state index contributed by atoms with van der Waals surface area (Å²) in [5.74, 6) is 8.38. The largest absolute Gasteiger partial charge is 1.00 e. The van der Waals surface area contributed by atoms with E-state index in [4.69, 9.17) is 9.47 Å². The molecule has 4 heteroatoms. The first kappa shape index (κ1) is 21.9. The summed E-state index contributed by atoms with van der Waals surface area (Å²) in [5, 5.41) is 0. The number of benzene rings is 1. The van der Waals surface area contributed by atoms with Gasteiger partial charge >= 0.3 is 0 Å². The number of piperidine rings is 1. The van der Waals surface area contributed by atoms with E-state index in [0.717, 1.165) is 29.6 Å². The fraction of sp³-hybridized carbons (Fsp3) is 0.667. The van der Waals surface area contributed by atoms with Crippen LogP contribution in [0, 0.1) is 17.8 Å². The summed E-state index contributed by atoms with van der Waals surface area (Å²) in [7, 11) is 2.35. The number of likely N-dealkylation sites (tertiary alicyclic amines) is 1. The second kappa shape index (κ2) is 8.16. The molecule has 0 radical (unpaired) electrons. The van der Waals surface area contributed by atoms with Crippen LogP contribution in [0.2, 0.25) is 0 Å². The lowest BCUT2D eigenvalue weighted by molar-refractivity contribution is -0.907. The van der Waals surface area contributed by atoms with Gasteiger partial charge in [0.2, 0.25) is 0 Å². The van der Waals surface area contributed by atoms with E-state index in [1.165, 1.54) is 37.9 Å². The van der Waals surface area contributed by atoms with Gasteiger partial charge in [0.25, 0.3) is 0 Å². The standard InChI is InChI=1S/C24H34NO2.HI/c1-23(2)20-13-15-24(3,14-10-18-25(4)16-8-5-9-17-25)27-22(20)19-11-6-7-12-21(19)26-23;/h6-7,11-12,20,22H,5,8-9,13,15-18H2,1-4H3;1H/q+1;/p-1/t20?,22-,24?;/m0./s1. The van der Waals surface area contributed by atoms with Gasteiger partial charge < -0.3 is 37.9 Å². The second-order valence-corrected chi connectivity index (χ2v) is 9.75. The average molecular weight is 495 g/mol. The van der Waals surface area contributed by atoms with Crippen molar-refractivity contribution in [3.63, 3.8) is 0 Å². The Labute approximate surface area is 187 Å². The van der Waals surface area contributed by atoms with Crippen molar-refractivity contribution >= 4 is 0 Å². The molecular weight excluding hydrogens is 461 g/mol. The molecule has 0 aromatic heterocycles. The predicted molar refractivity (Wildman–Crippen MR) is 109 cm³/mol. The summed E-state index contributed by atoms with van der Waals surface area (Å²) in [6, 6.07) is 8.34. The molecule has 1 aromatic rings. The summed E-state index contributed by atoms with van der Waals surface area (Å²) >= 11 is 0. The van der Waals surface area contributed by atoms with Crippen LogP contribution in [0.4, 0.5) is 0 Å². The van der Waals surface area contributed by atoms with Crippen LogP contribution in [0.3, 0.4) is 0 Å². The fourth-order valence-electron chi connectivity index (χ4n) is 5.11. The first-order valence-corrected chi connectivity index (χ1v) is 10.6. The van der Waals surface area contributed by atoms with Crippen molar-refractivity contribution in [3.05, 3.63) is 29.8 Å². The molecule has 0 spiro atoms. The molecule has 3 atom stereocenters. The van der Waals surface area contributed by atoms with Crippen molar-refractivity contribution in [2.24, 2.45) is 5.92 Å². The van der Waals surface area contributed by atoms with Crippen molar-refractivity contribution in [1.82, 2.24) is 0 Å². The minimum atomic E-state index is -0.364. The Bertz CT molecular complexity index is 759. The number of ether oxygens (including phenoxy) is 2. The molecule has 4 rings (SSSR count). The van der Waals surface area contributed by atoms with Crippen LogP contribution < -0.4 is 28.7 Å². The zero-order chi connectivity index (χ0) is 19.1. The van der Waals surface area contributed by atoms with E-state index in [-0.39, 0.29) is 41.3 Å². The van der Waals surface area contributed by atoms with Crippen molar-refractivity contribution in [2.45, 2.75) is 70.2 Å². The average Bonchev–Trinajstić information content (AvgIpc) is 2.61. The van der Waals surface area contributed by atoms with Gasteiger partial charge in [-0.15, -0.1) is 0 Å². The molecule has 3 nitrogen and oxygen atoms in total. The van der Waals surface area contributed by atoms with Gasteiger partial charge in [-0.1, -0.05) is 24.1 Å². The number of fused-ring (bicyclic) bond motifs is 3. The lowest BCUT2D eigenvalue weighted by atomic mass is 9.73. The summed E-state index contributed by atoms with van der Waals surface area (Å²) in [4.78, 5) is 0. The van der Waals surface area contributed by atoms with Gasteiger partial charge in [-0.3, -0.25) is 0 Å². The van der Waals surface area contributed by atoms with Crippen LogP contribution in [0.15, 0.2) is 24.3 Å². The molecule has 0 aliphatic carbocycles. The molecule has 0 N–H and O–H groups in total. The highest BCUT2D eigenvalue weighted by Crippen LogP contribution is 2.52. The summed E-state index contributed by atoms with van der Waals surface area (Å²) in [6.45, 7) is 10.0. The third-order valence-electron chi connectivity index (χ3n) is 6.89. The molecule has 3 heterocycles. The van der Waals surface area contributed by atoms with Gasteiger partial charge in [0.05, 0.1) is 26.2 Å². The Morgan fingerprint density at radius 1 is 1.11 bits per heavy atom. The Morgan fingerprint density at radius 3 is 2.57 bits per heavy atom. The minimum absolute atomic E-state index is 0. The van der Waals surface area contributed by atoms with Crippen LogP contribution in [0.1, 0.15) is 64.5 Å². The topological polar surface area (TPSA) is 18.5 Å². The van der Waals surface area contributed by atoms with E-state index >= 15 is 0 Å². The maximum Gasteiger partial charge on any atom is 0.140 e. The van der Waals surface area contributed by atoms with Crippen LogP contribution in [0.25, 0.3) is 0 Å². The van der Waals surface area contributed by atoms with E-state index in [0.29, 0.717) is 5.92 Å². The van der Waals surface area contributed by atoms with Crippen molar-refractivity contribution in [2.75, 3.05) is 26.7 Å². The highest BCUT2D eigenvalue weighted by Gasteiger charge is 2.50. The molecule has 2 saturated heterocycles. The number of nitrogens with zero attached hydrogens (tertiary/aromatic N) is 1. The first-order valence-electron chi connectivity index (χ1n) is 10.6. The monoisotopic (exact) mass is 495 g/mol. The quantitative estimate of drug-likeness (QED) is 0.336. The number of hydrogen-bond donors (Lipinski definition) is 0. The van der Waals surface area contributed by atoms with Gasteiger partial charge in [0.1, 0.15) is 23.5 Å². The Morgan fingerprint density at radius 2 is 1.82 bits per heavy atom. The van der Waals surface area contributed by atoms with E-state index in [1.54, 1.807) is 0 Å². The van der Waals surface area contributed by atoms with E-state index in [9.17, 15) is 0 Å². The zero-order valence-electron chi connectivity index (χ0n) is 17.8. The number of para-hydroxylation sites is 1. The SMILES string of the molecule is CC1(C#CC[N+]2(C)CCCCC2)CCC2[C@@H](O1)c1ccccc1OC2(C)C.[I-]. The highest BCUT2D eigenvalue weighted by molar-refractivity contribution is 5.39. The van der Waals surface area contributed by atoms with Gasteiger partial charge in [0, 0.05) is 11.5 Å². The minimum Gasteiger partial charge on any atom is -1.00 e. The van der Waals surface area contributed by atoms with Gasteiger partial charge in [-0.05, 0) is 64.9 Å². The third-order valence-corrected chi connectivity index (χ3v) is 6.89. The summed E-state index contributed by atoms with van der Waals surface area (Å²) in [6.07, 6.45) is 6.17. The number of halogens is 1. The summed E-state index contributed by atoms with van der Waals surface area (Å²) < 4.78 is 14.1. The fourth-order valence-corrected chi connectivity index (χ4v) is 5.11. The van der Waals surface area contributed by atoms with E-state index in [2.05, 4.69) is 57.9 Å². The van der Waals surface area contributed by atoms with Crippen LogP contribution in [-0.2, 0) is 4.74 Å². The normalized spacial score (nSPS) is 32.4. The maximum atomic E-state index is 6.70. The van der Waals surface area contributed by atoms with E-state index in [1.807, 2.05) is 6.07 Å².